The number of hydrogen-bond acceptors (Lipinski definition) is 5. The van der Waals surface area contributed by atoms with Gasteiger partial charge in [0.25, 0.3) is 0 Å². The third-order valence-electron chi connectivity index (χ3n) is 4.13. The van der Waals surface area contributed by atoms with Crippen molar-refractivity contribution < 1.29 is 9.59 Å². The number of imide groups is 1. The maximum absolute atomic E-state index is 12.1. The van der Waals surface area contributed by atoms with Crippen LogP contribution in [-0.4, -0.2) is 32.0 Å². The zero-order valence-corrected chi connectivity index (χ0v) is 16.7. The SMILES string of the molecule is Cc1ccc(-c2nnc(SC(C)C(=O)NC(N)=O)n2-c2ccc(C)cc2)cc1. The molecule has 0 aliphatic heterocycles. The summed E-state index contributed by atoms with van der Waals surface area (Å²) in [6.07, 6.45) is 0. The maximum atomic E-state index is 12.1. The summed E-state index contributed by atoms with van der Waals surface area (Å²) in [5.41, 5.74) is 9.13. The van der Waals surface area contributed by atoms with Crippen molar-refractivity contribution in [2.75, 3.05) is 0 Å². The number of rotatable bonds is 5. The summed E-state index contributed by atoms with van der Waals surface area (Å²) in [5, 5.41) is 10.7. The van der Waals surface area contributed by atoms with Crippen LogP contribution in [-0.2, 0) is 4.79 Å². The summed E-state index contributed by atoms with van der Waals surface area (Å²) in [6.45, 7) is 5.72. The number of primary amides is 1. The topological polar surface area (TPSA) is 103 Å². The Morgan fingerprint density at radius 3 is 2.14 bits per heavy atom. The Morgan fingerprint density at radius 1 is 1.00 bits per heavy atom. The van der Waals surface area contributed by atoms with E-state index in [1.165, 1.54) is 11.8 Å². The Kier molecular flexibility index (Phi) is 5.79. The molecular formula is C20H21N5O2S. The average Bonchev–Trinajstić information content (AvgIpc) is 3.06. The van der Waals surface area contributed by atoms with E-state index in [4.69, 9.17) is 5.73 Å². The molecule has 0 aliphatic rings. The highest BCUT2D eigenvalue weighted by molar-refractivity contribution is 8.00. The van der Waals surface area contributed by atoms with Gasteiger partial charge in [-0.05, 0) is 32.9 Å². The second-order valence-electron chi connectivity index (χ2n) is 6.46. The number of nitrogens with one attached hydrogen (secondary N) is 1. The number of thioether (sulfide) groups is 1. The predicted octanol–water partition coefficient (Wildman–Crippen LogP) is 3.23. The van der Waals surface area contributed by atoms with Gasteiger partial charge in [0.1, 0.15) is 0 Å². The van der Waals surface area contributed by atoms with Crippen LogP contribution in [0.5, 0.6) is 0 Å². The second-order valence-corrected chi connectivity index (χ2v) is 7.76. The molecule has 3 rings (SSSR count). The van der Waals surface area contributed by atoms with Gasteiger partial charge in [0.2, 0.25) is 5.91 Å². The third-order valence-corrected chi connectivity index (χ3v) is 5.18. The van der Waals surface area contributed by atoms with Crippen molar-refractivity contribution in [3.8, 4) is 17.1 Å². The van der Waals surface area contributed by atoms with Crippen molar-refractivity contribution >= 4 is 23.7 Å². The first kappa shape index (κ1) is 19.6. The Labute approximate surface area is 167 Å². The van der Waals surface area contributed by atoms with Crippen LogP contribution in [0.4, 0.5) is 4.79 Å². The molecule has 28 heavy (non-hydrogen) atoms. The van der Waals surface area contributed by atoms with Gasteiger partial charge in [-0.2, -0.15) is 0 Å². The third kappa shape index (κ3) is 4.40. The van der Waals surface area contributed by atoms with Crippen LogP contribution in [0.15, 0.2) is 53.7 Å². The fraction of sp³-hybridized carbons (Fsp3) is 0.200. The largest absolute Gasteiger partial charge is 0.351 e. The number of aromatic nitrogens is 3. The lowest BCUT2D eigenvalue weighted by Crippen LogP contribution is -2.39. The molecule has 0 spiro atoms. The molecule has 0 saturated heterocycles. The second kappa shape index (κ2) is 8.26. The average molecular weight is 395 g/mol. The van der Waals surface area contributed by atoms with Crippen molar-refractivity contribution in [2.24, 2.45) is 5.73 Å². The highest BCUT2D eigenvalue weighted by Gasteiger charge is 2.22. The monoisotopic (exact) mass is 395 g/mol. The van der Waals surface area contributed by atoms with E-state index in [0.29, 0.717) is 11.0 Å². The van der Waals surface area contributed by atoms with Gasteiger partial charge in [-0.25, -0.2) is 4.79 Å². The minimum Gasteiger partial charge on any atom is -0.351 e. The molecule has 1 unspecified atom stereocenters. The van der Waals surface area contributed by atoms with Crippen LogP contribution >= 0.6 is 11.8 Å². The van der Waals surface area contributed by atoms with E-state index in [1.807, 2.05) is 66.9 Å². The van der Waals surface area contributed by atoms with Crippen LogP contribution in [0.1, 0.15) is 18.1 Å². The summed E-state index contributed by atoms with van der Waals surface area (Å²) in [6, 6.07) is 15.1. The molecule has 3 amide bonds. The zero-order valence-electron chi connectivity index (χ0n) is 15.8. The fourth-order valence-electron chi connectivity index (χ4n) is 2.60. The van der Waals surface area contributed by atoms with Crippen LogP contribution in [0, 0.1) is 13.8 Å². The molecule has 7 nitrogen and oxygen atoms in total. The number of urea groups is 1. The smallest absolute Gasteiger partial charge is 0.318 e. The Balaban J connectivity index is 2.02. The highest BCUT2D eigenvalue weighted by atomic mass is 32.2. The maximum Gasteiger partial charge on any atom is 0.318 e. The Bertz CT molecular complexity index is 996. The van der Waals surface area contributed by atoms with Gasteiger partial charge < -0.3 is 5.73 Å². The van der Waals surface area contributed by atoms with Crippen LogP contribution < -0.4 is 11.1 Å². The van der Waals surface area contributed by atoms with E-state index >= 15 is 0 Å². The molecule has 3 N–H and O–H groups in total. The van der Waals surface area contributed by atoms with Crippen molar-refractivity contribution in [1.29, 1.82) is 0 Å². The van der Waals surface area contributed by atoms with E-state index in [-0.39, 0.29) is 0 Å². The molecule has 8 heteroatoms. The molecule has 0 bridgehead atoms. The quantitative estimate of drug-likeness (QED) is 0.646. The summed E-state index contributed by atoms with van der Waals surface area (Å²) < 4.78 is 1.91. The van der Waals surface area contributed by atoms with Crippen molar-refractivity contribution in [3.05, 3.63) is 59.7 Å². The first-order valence-electron chi connectivity index (χ1n) is 8.71. The molecular weight excluding hydrogens is 374 g/mol. The summed E-state index contributed by atoms with van der Waals surface area (Å²) in [7, 11) is 0. The number of carbonyl (C=O) groups excluding carboxylic acids is 2. The fourth-order valence-corrected chi connectivity index (χ4v) is 3.46. The van der Waals surface area contributed by atoms with Gasteiger partial charge in [0.15, 0.2) is 11.0 Å². The minimum absolute atomic E-state index is 0.479. The van der Waals surface area contributed by atoms with Gasteiger partial charge >= 0.3 is 6.03 Å². The van der Waals surface area contributed by atoms with E-state index < -0.39 is 17.2 Å². The summed E-state index contributed by atoms with van der Waals surface area (Å²) in [5.74, 6) is 0.196. The standard InChI is InChI=1S/C20H21N5O2S/c1-12-4-8-15(9-5-12)17-23-24-20(28-14(3)18(26)22-19(21)27)25(17)16-10-6-13(2)7-11-16/h4-11,14H,1-3H3,(H3,21,22,26,27). The zero-order chi connectivity index (χ0) is 20.3. The summed E-state index contributed by atoms with van der Waals surface area (Å²) >= 11 is 1.21. The van der Waals surface area contributed by atoms with Gasteiger partial charge in [-0.3, -0.25) is 14.7 Å². The Hall–Kier alpha value is -3.13. The van der Waals surface area contributed by atoms with E-state index in [2.05, 4.69) is 15.5 Å². The first-order valence-corrected chi connectivity index (χ1v) is 9.59. The molecule has 144 valence electrons. The number of benzene rings is 2. The number of carbonyl (C=O) groups is 2. The molecule has 2 aromatic carbocycles. The van der Waals surface area contributed by atoms with E-state index in [0.717, 1.165) is 22.4 Å². The first-order chi connectivity index (χ1) is 13.3. The van der Waals surface area contributed by atoms with Crippen molar-refractivity contribution in [1.82, 2.24) is 20.1 Å². The molecule has 1 aromatic heterocycles. The highest BCUT2D eigenvalue weighted by Crippen LogP contribution is 2.30. The van der Waals surface area contributed by atoms with E-state index in [9.17, 15) is 9.59 Å². The van der Waals surface area contributed by atoms with Crippen LogP contribution in [0.3, 0.4) is 0 Å². The van der Waals surface area contributed by atoms with Crippen LogP contribution in [0.2, 0.25) is 0 Å². The summed E-state index contributed by atoms with van der Waals surface area (Å²) in [4.78, 5) is 23.0. The van der Waals surface area contributed by atoms with Crippen molar-refractivity contribution in [3.63, 3.8) is 0 Å². The van der Waals surface area contributed by atoms with E-state index in [1.54, 1.807) is 6.92 Å². The van der Waals surface area contributed by atoms with Gasteiger partial charge in [-0.1, -0.05) is 59.3 Å². The number of amides is 3. The lowest BCUT2D eigenvalue weighted by molar-refractivity contribution is -0.119. The predicted molar refractivity (Wildman–Crippen MR) is 109 cm³/mol. The number of nitrogens with two attached hydrogens (primary N) is 1. The molecule has 0 fully saturated rings. The minimum atomic E-state index is -0.877. The van der Waals surface area contributed by atoms with Gasteiger partial charge in [-0.15, -0.1) is 10.2 Å². The number of nitrogens with zero attached hydrogens (tertiary/aromatic N) is 3. The Morgan fingerprint density at radius 2 is 1.57 bits per heavy atom. The number of aryl methyl sites for hydroxylation is 2. The molecule has 1 atom stereocenters. The molecule has 3 aromatic rings. The van der Waals surface area contributed by atoms with Crippen molar-refractivity contribution in [2.45, 2.75) is 31.2 Å². The van der Waals surface area contributed by atoms with Gasteiger partial charge in [0, 0.05) is 11.3 Å². The van der Waals surface area contributed by atoms with Crippen LogP contribution in [0.25, 0.3) is 17.1 Å². The molecule has 0 aliphatic carbocycles. The number of hydrogen-bond donors (Lipinski definition) is 2. The normalized spacial score (nSPS) is 11.8. The lowest BCUT2D eigenvalue weighted by Gasteiger charge is -2.13. The molecule has 0 saturated carbocycles. The molecule has 0 radical (unpaired) electrons. The molecule has 1 heterocycles. The lowest BCUT2D eigenvalue weighted by atomic mass is 10.1. The van der Waals surface area contributed by atoms with Gasteiger partial charge in [0.05, 0.1) is 5.25 Å².